The number of hydrogen-bond acceptors (Lipinski definition) is 2. The third-order valence-corrected chi connectivity index (χ3v) is 2.70. The van der Waals surface area contributed by atoms with E-state index in [1.165, 1.54) is 0 Å². The van der Waals surface area contributed by atoms with Crippen molar-refractivity contribution in [2.24, 2.45) is 0 Å². The lowest BCUT2D eigenvalue weighted by atomic mass is 10.1. The highest BCUT2D eigenvalue weighted by Crippen LogP contribution is 2.06. The zero-order valence-electron chi connectivity index (χ0n) is 10.8. The Labute approximate surface area is 113 Å². The Bertz CT molecular complexity index is 562. The molecule has 1 heterocycles. The van der Waals surface area contributed by atoms with Crippen LogP contribution in [0.5, 0.6) is 0 Å². The van der Waals surface area contributed by atoms with E-state index < -0.39 is 0 Å². The fraction of sp³-hybridized carbons (Fsp3) is 0.125. The molecule has 0 unspecified atom stereocenters. The second-order valence-corrected chi connectivity index (χ2v) is 4.24. The Balaban J connectivity index is 1.95. The summed E-state index contributed by atoms with van der Waals surface area (Å²) in [6.45, 7) is 2.25. The highest BCUT2D eigenvalue weighted by Gasteiger charge is 2.04. The van der Waals surface area contributed by atoms with Crippen LogP contribution in [-0.4, -0.2) is 10.9 Å². The number of carbonyl (C=O) groups is 1. The zero-order valence-corrected chi connectivity index (χ0v) is 10.8. The van der Waals surface area contributed by atoms with Gasteiger partial charge in [-0.25, -0.2) is 0 Å². The van der Waals surface area contributed by atoms with Crippen LogP contribution in [-0.2, 0) is 11.3 Å². The lowest BCUT2D eigenvalue weighted by molar-refractivity contribution is -0.117. The van der Waals surface area contributed by atoms with Crippen molar-refractivity contribution in [2.75, 3.05) is 0 Å². The molecule has 0 radical (unpaired) electrons. The number of carbonyl (C=O) groups excluding carboxylic acids is 1. The van der Waals surface area contributed by atoms with Crippen LogP contribution in [0, 0.1) is 0 Å². The third kappa shape index (κ3) is 4.07. The average molecular weight is 252 g/mol. The topological polar surface area (TPSA) is 42.0 Å². The zero-order chi connectivity index (χ0) is 13.5. The van der Waals surface area contributed by atoms with Gasteiger partial charge in [0, 0.05) is 11.8 Å². The highest BCUT2D eigenvalue weighted by atomic mass is 16.1. The van der Waals surface area contributed by atoms with Gasteiger partial charge in [-0.3, -0.25) is 9.78 Å². The lowest BCUT2D eigenvalue weighted by Gasteiger charge is -2.05. The second kappa shape index (κ2) is 6.50. The van der Waals surface area contributed by atoms with Crippen molar-refractivity contribution < 1.29 is 4.79 Å². The number of aromatic nitrogens is 1. The first kappa shape index (κ1) is 13.0. The van der Waals surface area contributed by atoms with Crippen molar-refractivity contribution in [3.63, 3.8) is 0 Å². The van der Waals surface area contributed by atoms with E-state index in [9.17, 15) is 4.79 Å². The first-order chi connectivity index (χ1) is 9.25. The Kier molecular flexibility index (Phi) is 4.45. The summed E-state index contributed by atoms with van der Waals surface area (Å²) in [7, 11) is 0. The predicted molar refractivity (Wildman–Crippen MR) is 76.2 cm³/mol. The van der Waals surface area contributed by atoms with Crippen LogP contribution in [0.15, 0.2) is 60.3 Å². The van der Waals surface area contributed by atoms with Crippen LogP contribution in [0.4, 0.5) is 0 Å². The summed E-state index contributed by atoms with van der Waals surface area (Å²) in [4.78, 5) is 16.1. The van der Waals surface area contributed by atoms with Gasteiger partial charge in [-0.05, 0) is 30.7 Å². The summed E-state index contributed by atoms with van der Waals surface area (Å²) in [6, 6.07) is 15.4. The number of hydrogen-bond donors (Lipinski definition) is 1. The van der Waals surface area contributed by atoms with Crippen molar-refractivity contribution >= 4 is 12.0 Å². The van der Waals surface area contributed by atoms with Gasteiger partial charge in [0.1, 0.15) is 0 Å². The summed E-state index contributed by atoms with van der Waals surface area (Å²) in [5.74, 6) is -0.0745. The van der Waals surface area contributed by atoms with Crippen molar-refractivity contribution in [1.29, 1.82) is 0 Å². The van der Waals surface area contributed by atoms with Crippen LogP contribution in [0.3, 0.4) is 0 Å². The summed E-state index contributed by atoms with van der Waals surface area (Å²) >= 11 is 0. The molecular weight excluding hydrogens is 236 g/mol. The molecule has 1 N–H and O–H groups in total. The summed E-state index contributed by atoms with van der Waals surface area (Å²) in [5.41, 5.74) is 2.55. The highest BCUT2D eigenvalue weighted by molar-refractivity contribution is 5.97. The minimum absolute atomic E-state index is 0.0745. The van der Waals surface area contributed by atoms with Gasteiger partial charge in [0.25, 0.3) is 0 Å². The number of benzene rings is 1. The van der Waals surface area contributed by atoms with E-state index in [2.05, 4.69) is 10.3 Å². The molecule has 0 fully saturated rings. The van der Waals surface area contributed by atoms with Gasteiger partial charge in [0.15, 0.2) is 0 Å². The van der Waals surface area contributed by atoms with Crippen molar-refractivity contribution in [3.8, 4) is 0 Å². The van der Waals surface area contributed by atoms with E-state index >= 15 is 0 Å². The van der Waals surface area contributed by atoms with Crippen molar-refractivity contribution in [3.05, 3.63) is 71.6 Å². The van der Waals surface area contributed by atoms with E-state index in [1.807, 2.05) is 54.6 Å². The van der Waals surface area contributed by atoms with E-state index in [-0.39, 0.29) is 5.91 Å². The van der Waals surface area contributed by atoms with Gasteiger partial charge in [-0.1, -0.05) is 36.4 Å². The monoisotopic (exact) mass is 252 g/mol. The average Bonchev–Trinajstić information content (AvgIpc) is 2.47. The minimum Gasteiger partial charge on any atom is -0.347 e. The van der Waals surface area contributed by atoms with Gasteiger partial charge < -0.3 is 5.32 Å². The summed E-state index contributed by atoms with van der Waals surface area (Å²) in [6.07, 6.45) is 3.59. The third-order valence-electron chi connectivity index (χ3n) is 2.70. The molecule has 0 aliphatic carbocycles. The lowest BCUT2D eigenvalue weighted by Crippen LogP contribution is -2.23. The maximum absolute atomic E-state index is 11.9. The Morgan fingerprint density at radius 2 is 1.89 bits per heavy atom. The fourth-order valence-electron chi connectivity index (χ4n) is 1.68. The molecule has 19 heavy (non-hydrogen) atoms. The SMILES string of the molecule is C/C(=C\c1ccccc1)C(=O)NCc1ccccn1. The Morgan fingerprint density at radius 1 is 1.16 bits per heavy atom. The molecule has 0 saturated heterocycles. The van der Waals surface area contributed by atoms with Gasteiger partial charge in [-0.15, -0.1) is 0 Å². The molecule has 0 aliphatic rings. The van der Waals surface area contributed by atoms with Gasteiger partial charge in [0.05, 0.1) is 12.2 Å². The summed E-state index contributed by atoms with van der Waals surface area (Å²) < 4.78 is 0. The molecule has 0 spiro atoms. The van der Waals surface area contributed by atoms with Crippen molar-refractivity contribution in [2.45, 2.75) is 13.5 Å². The summed E-state index contributed by atoms with van der Waals surface area (Å²) in [5, 5.41) is 2.85. The van der Waals surface area contributed by atoms with Crippen LogP contribution in [0.1, 0.15) is 18.2 Å². The molecule has 1 amide bonds. The van der Waals surface area contributed by atoms with E-state index in [0.29, 0.717) is 12.1 Å². The molecule has 1 aromatic carbocycles. The predicted octanol–water partition coefficient (Wildman–Crippen LogP) is 2.80. The molecule has 96 valence electrons. The van der Waals surface area contributed by atoms with Gasteiger partial charge in [-0.2, -0.15) is 0 Å². The second-order valence-electron chi connectivity index (χ2n) is 4.24. The van der Waals surface area contributed by atoms with Gasteiger partial charge >= 0.3 is 0 Å². The molecular formula is C16H16N2O. The maximum atomic E-state index is 11.9. The molecule has 2 rings (SSSR count). The standard InChI is InChI=1S/C16H16N2O/c1-13(11-14-7-3-2-4-8-14)16(19)18-12-15-9-5-6-10-17-15/h2-11H,12H2,1H3,(H,18,19)/b13-11+. The quantitative estimate of drug-likeness (QED) is 0.850. The van der Waals surface area contributed by atoms with Crippen LogP contribution >= 0.6 is 0 Å². The normalized spacial score (nSPS) is 11.1. The molecule has 3 heteroatoms. The van der Waals surface area contributed by atoms with Crippen LogP contribution in [0.2, 0.25) is 0 Å². The Hall–Kier alpha value is -2.42. The smallest absolute Gasteiger partial charge is 0.247 e. The molecule has 0 bridgehead atoms. The maximum Gasteiger partial charge on any atom is 0.247 e. The molecule has 0 aliphatic heterocycles. The minimum atomic E-state index is -0.0745. The first-order valence-electron chi connectivity index (χ1n) is 6.17. The first-order valence-corrected chi connectivity index (χ1v) is 6.17. The number of nitrogens with one attached hydrogen (secondary N) is 1. The molecule has 1 aromatic heterocycles. The Morgan fingerprint density at radius 3 is 2.58 bits per heavy atom. The van der Waals surface area contributed by atoms with E-state index in [4.69, 9.17) is 0 Å². The molecule has 0 saturated carbocycles. The van der Waals surface area contributed by atoms with E-state index in [1.54, 1.807) is 13.1 Å². The van der Waals surface area contributed by atoms with Crippen LogP contribution < -0.4 is 5.32 Å². The van der Waals surface area contributed by atoms with Gasteiger partial charge in [0.2, 0.25) is 5.91 Å². The molecule has 3 nitrogen and oxygen atoms in total. The number of amides is 1. The largest absolute Gasteiger partial charge is 0.347 e. The number of rotatable bonds is 4. The fourth-order valence-corrected chi connectivity index (χ4v) is 1.68. The van der Waals surface area contributed by atoms with Crippen LogP contribution in [0.25, 0.3) is 6.08 Å². The molecule has 2 aromatic rings. The number of nitrogens with zero attached hydrogens (tertiary/aromatic N) is 1. The van der Waals surface area contributed by atoms with E-state index in [0.717, 1.165) is 11.3 Å². The van der Waals surface area contributed by atoms with Crippen molar-refractivity contribution in [1.82, 2.24) is 10.3 Å². The molecule has 0 atom stereocenters. The number of pyridine rings is 1.